The molecule has 2 heterocycles. The average Bonchev–Trinajstić information content (AvgIpc) is 2.83. The number of nitrogen functional groups attached to an aromatic ring is 1. The van der Waals surface area contributed by atoms with Gasteiger partial charge in [0.05, 0.1) is 25.5 Å². The number of hydrogen-bond acceptors (Lipinski definition) is 7. The molecule has 0 fully saturated rings. The third-order valence-corrected chi connectivity index (χ3v) is 4.33. The third-order valence-electron chi connectivity index (χ3n) is 3.25. The van der Waals surface area contributed by atoms with Crippen molar-refractivity contribution in [3.63, 3.8) is 0 Å². The Morgan fingerprint density at radius 1 is 1.22 bits per heavy atom. The maximum absolute atomic E-state index is 12.2. The van der Waals surface area contributed by atoms with E-state index in [9.17, 15) is 4.79 Å². The molecule has 7 heteroatoms. The van der Waals surface area contributed by atoms with Gasteiger partial charge in [0.2, 0.25) is 0 Å². The molecule has 23 heavy (non-hydrogen) atoms. The molecule has 0 aliphatic carbocycles. The molecule has 2 aromatic heterocycles. The van der Waals surface area contributed by atoms with E-state index in [0.29, 0.717) is 37.0 Å². The first-order chi connectivity index (χ1) is 11.0. The maximum atomic E-state index is 12.2. The minimum absolute atomic E-state index is 0.185. The summed E-state index contributed by atoms with van der Waals surface area (Å²) in [5.74, 6) is -0.434. The highest BCUT2D eigenvalue weighted by atomic mass is 32.1. The number of anilines is 1. The van der Waals surface area contributed by atoms with Crippen LogP contribution in [0.3, 0.4) is 0 Å². The van der Waals surface area contributed by atoms with Crippen LogP contribution in [-0.4, -0.2) is 44.0 Å². The van der Waals surface area contributed by atoms with Crippen molar-refractivity contribution in [3.8, 4) is 0 Å². The average molecular weight is 338 g/mol. The van der Waals surface area contributed by atoms with Gasteiger partial charge >= 0.3 is 5.97 Å². The lowest BCUT2D eigenvalue weighted by Gasteiger charge is -2.06. The van der Waals surface area contributed by atoms with Crippen LogP contribution in [0.25, 0.3) is 10.2 Å². The lowest BCUT2D eigenvalue weighted by Crippen LogP contribution is -2.13. The van der Waals surface area contributed by atoms with Crippen LogP contribution in [0.4, 0.5) is 5.69 Å². The third kappa shape index (κ3) is 4.40. The van der Waals surface area contributed by atoms with Gasteiger partial charge in [0, 0.05) is 17.7 Å². The van der Waals surface area contributed by atoms with Crippen LogP contribution in [0.1, 0.15) is 27.9 Å². The summed E-state index contributed by atoms with van der Waals surface area (Å²) in [6.45, 7) is 8.01. The summed E-state index contributed by atoms with van der Waals surface area (Å²) in [4.78, 5) is 17.8. The van der Waals surface area contributed by atoms with Crippen LogP contribution < -0.4 is 5.73 Å². The SMILES string of the molecule is CCOCCOCCOC(=O)c1sc2nc(C)cc(C)c2c1N. The van der Waals surface area contributed by atoms with Gasteiger partial charge in [0.25, 0.3) is 0 Å². The van der Waals surface area contributed by atoms with Gasteiger partial charge in [-0.2, -0.15) is 0 Å². The van der Waals surface area contributed by atoms with E-state index in [4.69, 9.17) is 19.9 Å². The zero-order valence-corrected chi connectivity index (χ0v) is 14.5. The Labute approximate surface area is 139 Å². The predicted octanol–water partition coefficient (Wildman–Crippen LogP) is 2.71. The fourth-order valence-electron chi connectivity index (χ4n) is 2.24. The number of ether oxygens (including phenoxy) is 3. The molecular formula is C16H22N2O4S. The van der Waals surface area contributed by atoms with E-state index in [-0.39, 0.29) is 6.61 Å². The molecule has 2 N–H and O–H groups in total. The van der Waals surface area contributed by atoms with Gasteiger partial charge in [-0.1, -0.05) is 0 Å². The highest BCUT2D eigenvalue weighted by Gasteiger charge is 2.20. The van der Waals surface area contributed by atoms with Crippen molar-refractivity contribution in [3.05, 3.63) is 22.2 Å². The summed E-state index contributed by atoms with van der Waals surface area (Å²) in [7, 11) is 0. The Morgan fingerprint density at radius 2 is 1.91 bits per heavy atom. The molecule has 2 rings (SSSR count). The van der Waals surface area contributed by atoms with Crippen molar-refractivity contribution < 1.29 is 19.0 Å². The van der Waals surface area contributed by atoms with E-state index in [1.807, 2.05) is 26.8 Å². The number of aryl methyl sites for hydroxylation is 2. The van der Waals surface area contributed by atoms with Crippen molar-refractivity contribution in [1.29, 1.82) is 0 Å². The Morgan fingerprint density at radius 3 is 2.65 bits per heavy atom. The number of rotatable bonds is 8. The van der Waals surface area contributed by atoms with Crippen molar-refractivity contribution in [1.82, 2.24) is 4.98 Å². The number of thiophene rings is 1. The Bertz CT molecular complexity index is 684. The first-order valence-electron chi connectivity index (χ1n) is 7.53. The lowest BCUT2D eigenvalue weighted by atomic mass is 10.1. The van der Waals surface area contributed by atoms with Crippen LogP contribution >= 0.6 is 11.3 Å². The van der Waals surface area contributed by atoms with E-state index >= 15 is 0 Å². The molecule has 0 aromatic carbocycles. The topological polar surface area (TPSA) is 83.7 Å². The van der Waals surface area contributed by atoms with E-state index in [0.717, 1.165) is 21.5 Å². The smallest absolute Gasteiger partial charge is 0.350 e. The second kappa shape index (κ2) is 8.24. The summed E-state index contributed by atoms with van der Waals surface area (Å²) in [6, 6.07) is 1.95. The van der Waals surface area contributed by atoms with Crippen molar-refractivity contribution >= 4 is 33.2 Å². The Balaban J connectivity index is 1.94. The van der Waals surface area contributed by atoms with Gasteiger partial charge < -0.3 is 19.9 Å². The number of fused-ring (bicyclic) bond motifs is 1. The summed E-state index contributed by atoms with van der Waals surface area (Å²) in [5.41, 5.74) is 8.45. The van der Waals surface area contributed by atoms with Crippen LogP contribution in [-0.2, 0) is 14.2 Å². The maximum Gasteiger partial charge on any atom is 0.350 e. The molecule has 0 unspecified atom stereocenters. The molecule has 6 nitrogen and oxygen atoms in total. The van der Waals surface area contributed by atoms with E-state index in [1.165, 1.54) is 11.3 Å². The van der Waals surface area contributed by atoms with E-state index in [2.05, 4.69) is 4.98 Å². The second-order valence-corrected chi connectivity index (χ2v) is 6.05. The van der Waals surface area contributed by atoms with Gasteiger partial charge in [-0.05, 0) is 32.4 Å². The van der Waals surface area contributed by atoms with Crippen LogP contribution in [0, 0.1) is 13.8 Å². The van der Waals surface area contributed by atoms with Gasteiger partial charge in [0.15, 0.2) is 0 Å². The lowest BCUT2D eigenvalue weighted by molar-refractivity contribution is 0.0167. The number of pyridine rings is 1. The number of nitrogens with zero attached hydrogens (tertiary/aromatic N) is 1. The van der Waals surface area contributed by atoms with Gasteiger partial charge in [-0.3, -0.25) is 0 Å². The molecule has 0 aliphatic heterocycles. The minimum atomic E-state index is -0.434. The first-order valence-corrected chi connectivity index (χ1v) is 8.35. The number of esters is 1. The summed E-state index contributed by atoms with van der Waals surface area (Å²) >= 11 is 1.26. The zero-order chi connectivity index (χ0) is 16.8. The van der Waals surface area contributed by atoms with Gasteiger partial charge in [-0.25, -0.2) is 9.78 Å². The zero-order valence-electron chi connectivity index (χ0n) is 13.7. The molecular weight excluding hydrogens is 316 g/mol. The highest BCUT2D eigenvalue weighted by Crippen LogP contribution is 2.35. The molecule has 0 amide bonds. The Kier molecular flexibility index (Phi) is 6.32. The molecule has 0 atom stereocenters. The van der Waals surface area contributed by atoms with Crippen molar-refractivity contribution in [2.45, 2.75) is 20.8 Å². The Hall–Kier alpha value is -1.70. The van der Waals surface area contributed by atoms with Crippen LogP contribution in [0.5, 0.6) is 0 Å². The van der Waals surface area contributed by atoms with Crippen molar-refractivity contribution in [2.24, 2.45) is 0 Å². The van der Waals surface area contributed by atoms with E-state index < -0.39 is 5.97 Å². The van der Waals surface area contributed by atoms with Crippen molar-refractivity contribution in [2.75, 3.05) is 38.8 Å². The molecule has 0 spiro atoms. The summed E-state index contributed by atoms with van der Waals surface area (Å²) in [6.07, 6.45) is 0. The quantitative estimate of drug-likeness (QED) is 0.588. The highest BCUT2D eigenvalue weighted by molar-refractivity contribution is 7.21. The standard InChI is InChI=1S/C16H22N2O4S/c1-4-20-5-6-21-7-8-22-16(19)14-13(17)12-10(2)9-11(3)18-15(12)23-14/h9H,4-8,17H2,1-3H3. The normalized spacial score (nSPS) is 11.1. The molecule has 0 saturated carbocycles. The molecule has 126 valence electrons. The fraction of sp³-hybridized carbons (Fsp3) is 0.500. The molecule has 0 aliphatic rings. The number of aromatic nitrogens is 1. The number of nitrogens with two attached hydrogens (primary N) is 1. The number of hydrogen-bond donors (Lipinski definition) is 1. The van der Waals surface area contributed by atoms with Gasteiger partial charge in [-0.15, -0.1) is 11.3 Å². The first kappa shape index (κ1) is 17.7. The van der Waals surface area contributed by atoms with Crippen LogP contribution in [0.15, 0.2) is 6.07 Å². The second-order valence-electron chi connectivity index (χ2n) is 5.05. The van der Waals surface area contributed by atoms with Gasteiger partial charge in [0.1, 0.15) is 16.3 Å². The minimum Gasteiger partial charge on any atom is -0.459 e. The number of carbonyl (C=O) groups excluding carboxylic acids is 1. The monoisotopic (exact) mass is 338 g/mol. The number of carbonyl (C=O) groups is 1. The molecule has 2 aromatic rings. The summed E-state index contributed by atoms with van der Waals surface area (Å²) < 4.78 is 15.7. The largest absolute Gasteiger partial charge is 0.459 e. The fourth-order valence-corrected chi connectivity index (χ4v) is 3.35. The molecule has 0 saturated heterocycles. The van der Waals surface area contributed by atoms with E-state index in [1.54, 1.807) is 0 Å². The summed E-state index contributed by atoms with van der Waals surface area (Å²) in [5, 5.41) is 0.834. The van der Waals surface area contributed by atoms with Crippen LogP contribution in [0.2, 0.25) is 0 Å². The molecule has 0 radical (unpaired) electrons. The predicted molar refractivity (Wildman–Crippen MR) is 91.1 cm³/mol. The molecule has 0 bridgehead atoms.